The first kappa shape index (κ1) is 13.8. The maximum Gasteiger partial charge on any atom is 0.311 e. The van der Waals surface area contributed by atoms with Gasteiger partial charge in [0.25, 0.3) is 0 Å². The highest BCUT2D eigenvalue weighted by atomic mass is 16.4. The van der Waals surface area contributed by atoms with Gasteiger partial charge in [-0.2, -0.15) is 0 Å². The Kier molecular flexibility index (Phi) is 3.47. The van der Waals surface area contributed by atoms with Crippen molar-refractivity contribution in [1.82, 2.24) is 9.97 Å². The van der Waals surface area contributed by atoms with E-state index in [2.05, 4.69) is 14.9 Å². The first-order valence-corrected chi connectivity index (χ1v) is 6.65. The quantitative estimate of drug-likeness (QED) is 0.903. The minimum absolute atomic E-state index is 0.105. The minimum Gasteiger partial charge on any atom is -0.481 e. The predicted octanol–water partition coefficient (Wildman–Crippen LogP) is 2.03. The smallest absolute Gasteiger partial charge is 0.311 e. The van der Waals surface area contributed by atoms with Crippen molar-refractivity contribution in [1.29, 1.82) is 0 Å². The van der Waals surface area contributed by atoms with Gasteiger partial charge in [-0.25, -0.2) is 4.98 Å². The summed E-state index contributed by atoms with van der Waals surface area (Å²) in [5, 5.41) is 9.56. The fourth-order valence-corrected chi connectivity index (χ4v) is 2.73. The fraction of sp³-hybridized carbons (Fsp3) is 0.643. The third-order valence-corrected chi connectivity index (χ3v) is 4.18. The van der Waals surface area contributed by atoms with Crippen LogP contribution in [0.4, 0.5) is 5.82 Å². The summed E-state index contributed by atoms with van der Waals surface area (Å²) in [6.07, 6.45) is 2.40. The van der Waals surface area contributed by atoms with Gasteiger partial charge in [0.05, 0.1) is 16.8 Å². The lowest BCUT2D eigenvalue weighted by molar-refractivity contribution is -0.150. The number of aliphatic carboxylic acids is 1. The van der Waals surface area contributed by atoms with Gasteiger partial charge in [-0.05, 0) is 26.2 Å². The Hall–Kier alpha value is -1.65. The Labute approximate surface area is 113 Å². The monoisotopic (exact) mass is 263 g/mol. The number of aromatic nitrogens is 2. The van der Waals surface area contributed by atoms with Gasteiger partial charge in [0.15, 0.2) is 0 Å². The molecular weight excluding hydrogens is 242 g/mol. The van der Waals surface area contributed by atoms with Gasteiger partial charge in [0.1, 0.15) is 5.82 Å². The molecule has 5 nitrogen and oxygen atoms in total. The Morgan fingerprint density at radius 3 is 2.68 bits per heavy atom. The Bertz CT molecular complexity index is 501. The molecule has 0 aliphatic carbocycles. The molecule has 1 N–H and O–H groups in total. The third kappa shape index (κ3) is 2.29. The number of anilines is 1. The van der Waals surface area contributed by atoms with Crippen molar-refractivity contribution in [3.63, 3.8) is 0 Å². The van der Waals surface area contributed by atoms with Crippen LogP contribution < -0.4 is 4.90 Å². The molecule has 104 valence electrons. The normalized spacial score (nSPS) is 23.1. The van der Waals surface area contributed by atoms with Crippen LogP contribution in [0.1, 0.15) is 31.7 Å². The van der Waals surface area contributed by atoms with Crippen LogP contribution in [0, 0.1) is 25.2 Å². The summed E-state index contributed by atoms with van der Waals surface area (Å²) in [7, 11) is 0. The molecule has 1 aromatic rings. The summed E-state index contributed by atoms with van der Waals surface area (Å²) in [6.45, 7) is 9.01. The number of carbonyl (C=O) groups is 1. The van der Waals surface area contributed by atoms with Crippen molar-refractivity contribution >= 4 is 11.8 Å². The number of hydrogen-bond acceptors (Lipinski definition) is 4. The van der Waals surface area contributed by atoms with Crippen molar-refractivity contribution < 1.29 is 9.90 Å². The number of carboxylic acids is 1. The van der Waals surface area contributed by atoms with Crippen molar-refractivity contribution in [2.75, 3.05) is 18.0 Å². The molecule has 1 atom stereocenters. The second-order valence-corrected chi connectivity index (χ2v) is 5.71. The van der Waals surface area contributed by atoms with E-state index >= 15 is 0 Å². The highest BCUT2D eigenvalue weighted by Crippen LogP contribution is 2.40. The van der Waals surface area contributed by atoms with Crippen LogP contribution in [0.5, 0.6) is 0 Å². The molecule has 1 aliphatic rings. The largest absolute Gasteiger partial charge is 0.481 e. The number of nitrogens with zero attached hydrogens (tertiary/aromatic N) is 3. The van der Waals surface area contributed by atoms with E-state index in [1.54, 1.807) is 6.20 Å². The molecule has 1 aliphatic heterocycles. The molecule has 1 fully saturated rings. The lowest BCUT2D eigenvalue weighted by Gasteiger charge is -2.29. The molecule has 19 heavy (non-hydrogen) atoms. The van der Waals surface area contributed by atoms with Crippen molar-refractivity contribution in [3.05, 3.63) is 17.6 Å². The van der Waals surface area contributed by atoms with Crippen LogP contribution in [0.2, 0.25) is 0 Å². The predicted molar refractivity (Wildman–Crippen MR) is 73.2 cm³/mol. The summed E-state index contributed by atoms with van der Waals surface area (Å²) in [6, 6.07) is 0. The van der Waals surface area contributed by atoms with Crippen molar-refractivity contribution in [2.24, 2.45) is 11.3 Å². The summed E-state index contributed by atoms with van der Waals surface area (Å²) >= 11 is 0. The van der Waals surface area contributed by atoms with E-state index in [0.717, 1.165) is 23.8 Å². The highest BCUT2D eigenvalue weighted by Gasteiger charge is 2.47. The molecule has 0 amide bonds. The third-order valence-electron chi connectivity index (χ3n) is 4.18. The van der Waals surface area contributed by atoms with E-state index in [4.69, 9.17) is 0 Å². The van der Waals surface area contributed by atoms with Gasteiger partial charge in [0.2, 0.25) is 0 Å². The van der Waals surface area contributed by atoms with Crippen molar-refractivity contribution in [3.8, 4) is 0 Å². The molecule has 0 radical (unpaired) electrons. The van der Waals surface area contributed by atoms with E-state index in [-0.39, 0.29) is 5.92 Å². The zero-order valence-electron chi connectivity index (χ0n) is 12.0. The van der Waals surface area contributed by atoms with E-state index < -0.39 is 11.4 Å². The first-order chi connectivity index (χ1) is 8.86. The van der Waals surface area contributed by atoms with Gasteiger partial charge in [-0.3, -0.25) is 9.78 Å². The second-order valence-electron chi connectivity index (χ2n) is 5.71. The molecule has 0 spiro atoms. The van der Waals surface area contributed by atoms with Crippen molar-refractivity contribution in [2.45, 2.75) is 34.1 Å². The number of hydrogen-bond donors (Lipinski definition) is 1. The molecule has 2 rings (SSSR count). The van der Waals surface area contributed by atoms with Gasteiger partial charge in [0, 0.05) is 19.3 Å². The van der Waals surface area contributed by atoms with Crippen LogP contribution in [-0.2, 0) is 4.79 Å². The Balaban J connectivity index is 2.31. The molecule has 1 aromatic heterocycles. The van der Waals surface area contributed by atoms with E-state index in [9.17, 15) is 9.90 Å². The molecular formula is C14H21N3O2. The molecule has 0 bridgehead atoms. The molecule has 0 saturated carbocycles. The van der Waals surface area contributed by atoms with Crippen LogP contribution in [0.3, 0.4) is 0 Å². The van der Waals surface area contributed by atoms with E-state index in [1.165, 1.54) is 0 Å². The lowest BCUT2D eigenvalue weighted by Crippen LogP contribution is -2.39. The SMILES string of the molecule is Cc1cnc(C)c(N2CCC(C(=O)O)(C(C)C)C2)n1. The molecule has 0 aromatic carbocycles. The van der Waals surface area contributed by atoms with Crippen LogP contribution in [0.25, 0.3) is 0 Å². The van der Waals surface area contributed by atoms with Gasteiger partial charge >= 0.3 is 5.97 Å². The first-order valence-electron chi connectivity index (χ1n) is 6.65. The van der Waals surface area contributed by atoms with Crippen LogP contribution >= 0.6 is 0 Å². The molecule has 1 unspecified atom stereocenters. The van der Waals surface area contributed by atoms with Gasteiger partial charge in [-0.1, -0.05) is 13.8 Å². The van der Waals surface area contributed by atoms with Gasteiger partial charge in [-0.15, -0.1) is 0 Å². The molecule has 5 heteroatoms. The lowest BCUT2D eigenvalue weighted by atomic mass is 9.76. The van der Waals surface area contributed by atoms with Crippen LogP contribution in [0.15, 0.2) is 6.20 Å². The topological polar surface area (TPSA) is 66.3 Å². The Morgan fingerprint density at radius 1 is 1.47 bits per heavy atom. The van der Waals surface area contributed by atoms with E-state index in [0.29, 0.717) is 13.0 Å². The maximum atomic E-state index is 11.6. The average Bonchev–Trinajstić information content (AvgIpc) is 2.78. The number of carboxylic acid groups (broad SMARTS) is 1. The van der Waals surface area contributed by atoms with Gasteiger partial charge < -0.3 is 10.0 Å². The summed E-state index contributed by atoms with van der Waals surface area (Å²) in [4.78, 5) is 22.5. The number of aryl methyl sites for hydroxylation is 2. The highest BCUT2D eigenvalue weighted by molar-refractivity contribution is 5.77. The maximum absolute atomic E-state index is 11.6. The summed E-state index contributed by atoms with van der Waals surface area (Å²) in [5.41, 5.74) is 1.05. The second kappa shape index (κ2) is 4.79. The summed E-state index contributed by atoms with van der Waals surface area (Å²) < 4.78 is 0. The molecule has 1 saturated heterocycles. The average molecular weight is 263 g/mol. The Morgan fingerprint density at radius 2 is 2.16 bits per heavy atom. The fourth-order valence-electron chi connectivity index (χ4n) is 2.73. The summed E-state index contributed by atoms with van der Waals surface area (Å²) in [5.74, 6) is 0.222. The standard InChI is InChI=1S/C14H21N3O2/c1-9(2)14(13(18)19)5-6-17(8-14)12-11(4)15-7-10(3)16-12/h7,9H,5-6,8H2,1-4H3,(H,18,19). The number of rotatable bonds is 3. The zero-order valence-corrected chi connectivity index (χ0v) is 12.0. The molecule has 2 heterocycles. The van der Waals surface area contributed by atoms with E-state index in [1.807, 2.05) is 27.7 Å². The minimum atomic E-state index is -0.705. The van der Waals surface area contributed by atoms with Crippen LogP contribution in [-0.4, -0.2) is 34.1 Å². The zero-order chi connectivity index (χ0) is 14.2.